The minimum Gasteiger partial charge on any atom is -0.302 e. The van der Waals surface area contributed by atoms with Crippen molar-refractivity contribution in [3.63, 3.8) is 0 Å². The Morgan fingerprint density at radius 1 is 0.958 bits per heavy atom. The molecule has 3 aliphatic rings. The van der Waals surface area contributed by atoms with Gasteiger partial charge in [0.05, 0.1) is 11.1 Å². The number of rotatable bonds is 2. The highest BCUT2D eigenvalue weighted by Gasteiger charge is 2.80. The minimum atomic E-state index is -1.40. The van der Waals surface area contributed by atoms with Crippen LogP contribution in [0.4, 0.5) is 0 Å². The molecule has 0 aromatic heterocycles. The van der Waals surface area contributed by atoms with Gasteiger partial charge in [-0.3, -0.25) is 19.4 Å². The predicted molar refractivity (Wildman–Crippen MR) is 88.7 cm³/mol. The van der Waals surface area contributed by atoms with E-state index in [1.54, 1.807) is 16.7 Å². The summed E-state index contributed by atoms with van der Waals surface area (Å²) in [6.45, 7) is 15.8. The third-order valence-electron chi connectivity index (χ3n) is 6.49. The second-order valence-corrected chi connectivity index (χ2v) is 8.77. The fourth-order valence-corrected chi connectivity index (χ4v) is 4.62. The molecule has 0 aromatic rings. The summed E-state index contributed by atoms with van der Waals surface area (Å²) in [6.07, 6.45) is 0.178. The maximum Gasteiger partial charge on any atom is 0.350 e. The van der Waals surface area contributed by atoms with Crippen LogP contribution >= 0.6 is 0 Å². The molecular formula is C18H30N2O4. The Morgan fingerprint density at radius 3 is 1.83 bits per heavy atom. The van der Waals surface area contributed by atoms with Crippen LogP contribution in [0.15, 0.2) is 0 Å². The van der Waals surface area contributed by atoms with Crippen molar-refractivity contribution in [2.45, 2.75) is 97.6 Å². The first-order valence-electron chi connectivity index (χ1n) is 8.94. The number of hydrogen-bond donors (Lipinski definition) is 0. The van der Waals surface area contributed by atoms with E-state index in [4.69, 9.17) is 9.47 Å². The van der Waals surface area contributed by atoms with Gasteiger partial charge in [0, 0.05) is 0 Å². The summed E-state index contributed by atoms with van der Waals surface area (Å²) in [7, 11) is 0. The summed E-state index contributed by atoms with van der Waals surface area (Å²) in [5, 5.41) is 0. The molecule has 1 spiro atoms. The van der Waals surface area contributed by atoms with Crippen molar-refractivity contribution in [1.29, 1.82) is 0 Å². The quantitative estimate of drug-likeness (QED) is 0.776. The molecule has 0 aliphatic carbocycles. The highest BCUT2D eigenvalue weighted by atomic mass is 16.8. The fourth-order valence-electron chi connectivity index (χ4n) is 4.62. The minimum absolute atomic E-state index is 0.0871. The van der Waals surface area contributed by atoms with Gasteiger partial charge in [-0.25, -0.2) is 0 Å². The number of carbonyl (C=O) groups is 2. The van der Waals surface area contributed by atoms with Gasteiger partial charge in [-0.15, -0.1) is 0 Å². The monoisotopic (exact) mass is 338 g/mol. The lowest BCUT2D eigenvalue weighted by molar-refractivity contribution is -0.322. The third-order valence-corrected chi connectivity index (χ3v) is 6.49. The highest BCUT2D eigenvalue weighted by Crippen LogP contribution is 2.60. The van der Waals surface area contributed by atoms with E-state index in [0.717, 1.165) is 0 Å². The first-order chi connectivity index (χ1) is 10.9. The van der Waals surface area contributed by atoms with E-state index in [1.807, 2.05) is 41.5 Å². The number of amides is 2. The summed E-state index contributed by atoms with van der Waals surface area (Å²) in [4.78, 5) is 29.7. The first-order valence-corrected chi connectivity index (χ1v) is 8.94. The van der Waals surface area contributed by atoms with E-state index in [9.17, 15) is 9.59 Å². The van der Waals surface area contributed by atoms with Crippen molar-refractivity contribution in [2.75, 3.05) is 0 Å². The average molecular weight is 338 g/mol. The van der Waals surface area contributed by atoms with E-state index in [0.29, 0.717) is 12.8 Å². The Labute approximate surface area is 144 Å². The SMILES string of the molecule is CC[C@@]1(C)N2C(=O)[C@H](C(C)(C)C)OC23O[C@H](C)C(=O)N3[C@]1(C)CC. The van der Waals surface area contributed by atoms with Crippen LogP contribution in [0.1, 0.15) is 68.2 Å². The van der Waals surface area contributed by atoms with Crippen molar-refractivity contribution in [1.82, 2.24) is 9.80 Å². The molecule has 136 valence electrons. The lowest BCUT2D eigenvalue weighted by Gasteiger charge is -2.45. The number of carbonyl (C=O) groups excluding carboxylic acids is 2. The van der Waals surface area contributed by atoms with Crippen LogP contribution in [0, 0.1) is 5.41 Å². The Bertz CT molecular complexity index is 600. The summed E-state index contributed by atoms with van der Waals surface area (Å²) in [6, 6.07) is -1.40. The van der Waals surface area contributed by atoms with Gasteiger partial charge in [0.2, 0.25) is 0 Å². The number of ether oxygens (including phenoxy) is 2. The molecule has 6 nitrogen and oxygen atoms in total. The van der Waals surface area contributed by atoms with Crippen molar-refractivity contribution in [3.05, 3.63) is 0 Å². The molecular weight excluding hydrogens is 308 g/mol. The second kappa shape index (κ2) is 4.73. The van der Waals surface area contributed by atoms with E-state index in [2.05, 4.69) is 6.92 Å². The van der Waals surface area contributed by atoms with E-state index >= 15 is 0 Å². The van der Waals surface area contributed by atoms with Gasteiger partial charge in [-0.2, -0.15) is 0 Å². The smallest absolute Gasteiger partial charge is 0.302 e. The zero-order valence-electron chi connectivity index (χ0n) is 16.1. The van der Waals surface area contributed by atoms with E-state index in [-0.39, 0.29) is 17.2 Å². The molecule has 24 heavy (non-hydrogen) atoms. The summed E-state index contributed by atoms with van der Waals surface area (Å²) < 4.78 is 12.3. The second-order valence-electron chi connectivity index (χ2n) is 8.77. The van der Waals surface area contributed by atoms with Gasteiger partial charge < -0.3 is 9.47 Å². The van der Waals surface area contributed by atoms with Crippen LogP contribution in [0.5, 0.6) is 0 Å². The van der Waals surface area contributed by atoms with Gasteiger partial charge >= 0.3 is 6.03 Å². The van der Waals surface area contributed by atoms with Crippen LogP contribution in [0.3, 0.4) is 0 Å². The topological polar surface area (TPSA) is 59.1 Å². The highest BCUT2D eigenvalue weighted by molar-refractivity contribution is 5.91. The predicted octanol–water partition coefficient (Wildman–Crippen LogP) is 2.47. The van der Waals surface area contributed by atoms with Gasteiger partial charge in [0.1, 0.15) is 12.2 Å². The van der Waals surface area contributed by atoms with Gasteiger partial charge in [-0.05, 0) is 39.0 Å². The third kappa shape index (κ3) is 1.69. The van der Waals surface area contributed by atoms with Crippen LogP contribution in [0.2, 0.25) is 0 Å². The number of hydrogen-bond acceptors (Lipinski definition) is 4. The molecule has 0 radical (unpaired) electrons. The largest absolute Gasteiger partial charge is 0.350 e. The number of nitrogens with zero attached hydrogens (tertiary/aromatic N) is 2. The fraction of sp³-hybridized carbons (Fsp3) is 0.889. The molecule has 3 saturated heterocycles. The van der Waals surface area contributed by atoms with Crippen molar-refractivity contribution < 1.29 is 19.1 Å². The Balaban J connectivity index is 2.23. The van der Waals surface area contributed by atoms with Gasteiger partial charge in [0.25, 0.3) is 11.8 Å². The molecule has 6 heteroatoms. The van der Waals surface area contributed by atoms with Crippen LogP contribution in [0.25, 0.3) is 0 Å². The molecule has 0 N–H and O–H groups in total. The molecule has 5 atom stereocenters. The van der Waals surface area contributed by atoms with Crippen molar-refractivity contribution >= 4 is 11.8 Å². The summed E-state index contributed by atoms with van der Waals surface area (Å²) in [5.74, 6) is -0.195. The first kappa shape index (κ1) is 17.7. The molecule has 0 saturated carbocycles. The molecule has 3 heterocycles. The maximum atomic E-state index is 13.3. The van der Waals surface area contributed by atoms with E-state index in [1.165, 1.54) is 0 Å². The lowest BCUT2D eigenvalue weighted by Crippen LogP contribution is -2.61. The molecule has 0 bridgehead atoms. The Kier molecular flexibility index (Phi) is 3.48. The normalized spacial score (nSPS) is 45.2. The van der Waals surface area contributed by atoms with Gasteiger partial charge in [-0.1, -0.05) is 34.6 Å². The van der Waals surface area contributed by atoms with Gasteiger partial charge in [0.15, 0.2) is 0 Å². The van der Waals surface area contributed by atoms with Crippen molar-refractivity contribution in [3.8, 4) is 0 Å². The summed E-state index contributed by atoms with van der Waals surface area (Å²) in [5.41, 5.74) is -1.46. The Morgan fingerprint density at radius 2 is 1.42 bits per heavy atom. The molecule has 3 fully saturated rings. The van der Waals surface area contributed by atoms with Crippen molar-refractivity contribution in [2.24, 2.45) is 5.41 Å². The summed E-state index contributed by atoms with van der Waals surface area (Å²) >= 11 is 0. The molecule has 3 rings (SSSR count). The van der Waals surface area contributed by atoms with Crippen LogP contribution in [-0.4, -0.2) is 50.9 Å². The molecule has 1 unspecified atom stereocenters. The Hall–Kier alpha value is -1.14. The maximum absolute atomic E-state index is 13.3. The zero-order valence-corrected chi connectivity index (χ0v) is 16.1. The average Bonchev–Trinajstić information content (AvgIpc) is 2.97. The van der Waals surface area contributed by atoms with Crippen LogP contribution < -0.4 is 0 Å². The zero-order chi connectivity index (χ0) is 18.3. The molecule has 3 aliphatic heterocycles. The van der Waals surface area contributed by atoms with E-state index < -0.39 is 29.3 Å². The standard InChI is InChI=1S/C18H30N2O4/c1-9-16(7)17(8,10-2)20-14(22)12(15(4,5)6)24-18(20)19(16)13(21)11(3)23-18/h11-12H,9-10H2,1-8H3/t11-,12-,16-,17-,18?/m1/s1. The van der Waals surface area contributed by atoms with Crippen LogP contribution in [-0.2, 0) is 19.1 Å². The molecule has 0 aromatic carbocycles. The molecule has 2 amide bonds. The lowest BCUT2D eigenvalue weighted by atomic mass is 9.74.